The Kier molecular flexibility index (Phi) is 8.53. The summed E-state index contributed by atoms with van der Waals surface area (Å²) in [4.78, 5) is 24.2. The zero-order chi connectivity index (χ0) is 20.4. The predicted molar refractivity (Wildman–Crippen MR) is 116 cm³/mol. The number of carbonyl (C=O) groups is 2. The number of para-hydroxylation sites is 2. The Morgan fingerprint density at radius 3 is 2.36 bits per heavy atom. The number of rotatable bonds is 8. The summed E-state index contributed by atoms with van der Waals surface area (Å²) in [5, 5.41) is 5.82. The van der Waals surface area contributed by atoms with Gasteiger partial charge in [0.15, 0.2) is 0 Å². The van der Waals surface area contributed by atoms with Gasteiger partial charge in [0.25, 0.3) is 0 Å². The van der Waals surface area contributed by atoms with Gasteiger partial charge in [-0.15, -0.1) is 0 Å². The van der Waals surface area contributed by atoms with Gasteiger partial charge in [0.2, 0.25) is 11.8 Å². The van der Waals surface area contributed by atoms with Crippen LogP contribution in [0.4, 0.5) is 11.4 Å². The van der Waals surface area contributed by atoms with Crippen LogP contribution >= 0.6 is 0 Å². The molecular formula is C23H31N3O2. The second-order valence-electron chi connectivity index (χ2n) is 7.32. The second-order valence-corrected chi connectivity index (χ2v) is 7.32. The Bertz CT molecular complexity index is 791. The molecule has 2 rings (SSSR count). The van der Waals surface area contributed by atoms with E-state index in [4.69, 9.17) is 5.73 Å². The summed E-state index contributed by atoms with van der Waals surface area (Å²) in [6.07, 6.45) is 11.5. The van der Waals surface area contributed by atoms with Crippen LogP contribution in [0.25, 0.3) is 0 Å². The Labute approximate surface area is 167 Å². The molecule has 0 radical (unpaired) electrons. The third kappa shape index (κ3) is 7.82. The van der Waals surface area contributed by atoms with Crippen molar-refractivity contribution < 1.29 is 9.59 Å². The fourth-order valence-corrected chi connectivity index (χ4v) is 3.08. The van der Waals surface area contributed by atoms with Crippen molar-refractivity contribution in [3.05, 3.63) is 59.3 Å². The highest BCUT2D eigenvalue weighted by Crippen LogP contribution is 2.18. The molecule has 0 saturated heterocycles. The van der Waals surface area contributed by atoms with Gasteiger partial charge >= 0.3 is 0 Å². The molecule has 0 saturated carbocycles. The summed E-state index contributed by atoms with van der Waals surface area (Å²) < 4.78 is 0. The third-order valence-electron chi connectivity index (χ3n) is 4.62. The number of anilines is 2. The molecule has 0 spiro atoms. The van der Waals surface area contributed by atoms with E-state index in [-0.39, 0.29) is 11.8 Å². The Morgan fingerprint density at radius 2 is 1.64 bits per heavy atom. The normalized spacial score (nSPS) is 14.1. The van der Waals surface area contributed by atoms with E-state index in [0.717, 1.165) is 37.8 Å². The number of carbonyl (C=O) groups excluding carboxylic acids is 2. The molecule has 2 amide bonds. The van der Waals surface area contributed by atoms with E-state index < -0.39 is 0 Å². The van der Waals surface area contributed by atoms with Gasteiger partial charge in [0.1, 0.15) is 0 Å². The maximum Gasteiger partial charge on any atom is 0.224 e. The third-order valence-corrected chi connectivity index (χ3v) is 4.62. The van der Waals surface area contributed by atoms with Gasteiger partial charge in [0.05, 0.1) is 11.4 Å². The summed E-state index contributed by atoms with van der Waals surface area (Å²) in [6, 6.07) is 7.21. The minimum atomic E-state index is -0.0510. The average Bonchev–Trinajstić information content (AvgIpc) is 2.62. The molecule has 150 valence electrons. The van der Waals surface area contributed by atoms with E-state index in [2.05, 4.69) is 30.6 Å². The molecule has 0 heterocycles. The number of nitrogens with one attached hydrogen (secondary N) is 2. The fourth-order valence-electron chi connectivity index (χ4n) is 3.08. The lowest BCUT2D eigenvalue weighted by Gasteiger charge is -2.11. The molecule has 1 aromatic rings. The quantitative estimate of drug-likeness (QED) is 0.445. The largest absolute Gasteiger partial charge is 0.397 e. The molecule has 5 heteroatoms. The summed E-state index contributed by atoms with van der Waals surface area (Å²) in [7, 11) is 0. The number of hydrogen-bond donors (Lipinski definition) is 3. The first kappa shape index (κ1) is 21.5. The Balaban J connectivity index is 1.67. The van der Waals surface area contributed by atoms with Crippen LogP contribution in [-0.4, -0.2) is 11.8 Å². The average molecular weight is 382 g/mol. The predicted octanol–water partition coefficient (Wildman–Crippen LogP) is 4.84. The zero-order valence-electron chi connectivity index (χ0n) is 16.9. The SMILES string of the molecule is CC1=CCCC(C)=CC(NC(=O)CCCCCC(=O)Nc2ccccc2N)=C1. The molecule has 1 aliphatic rings. The standard InChI is InChI=1S/C23H31N3O2/c1-17-9-8-10-18(2)16-19(15-17)25-22(27)13-4-3-5-14-23(28)26-21-12-7-6-11-20(21)24/h6-7,9,11-12,15-16H,3-5,8,10,13-14,24H2,1-2H3,(H,25,27)(H,26,28). The second kappa shape index (κ2) is 11.1. The smallest absolute Gasteiger partial charge is 0.224 e. The highest BCUT2D eigenvalue weighted by Gasteiger charge is 2.07. The van der Waals surface area contributed by atoms with E-state index in [0.29, 0.717) is 24.2 Å². The van der Waals surface area contributed by atoms with Crippen molar-refractivity contribution in [1.82, 2.24) is 5.32 Å². The number of hydrogen-bond acceptors (Lipinski definition) is 3. The van der Waals surface area contributed by atoms with Gasteiger partial charge in [-0.2, -0.15) is 0 Å². The van der Waals surface area contributed by atoms with Crippen LogP contribution in [0.3, 0.4) is 0 Å². The lowest BCUT2D eigenvalue weighted by molar-refractivity contribution is -0.120. The van der Waals surface area contributed by atoms with Gasteiger partial charge < -0.3 is 16.4 Å². The topological polar surface area (TPSA) is 84.2 Å². The molecule has 0 fully saturated rings. The van der Waals surface area contributed by atoms with Gasteiger partial charge in [-0.3, -0.25) is 9.59 Å². The summed E-state index contributed by atoms with van der Waals surface area (Å²) in [5.41, 5.74) is 10.3. The molecule has 1 aliphatic carbocycles. The molecular weight excluding hydrogens is 350 g/mol. The first-order chi connectivity index (χ1) is 13.4. The van der Waals surface area contributed by atoms with Gasteiger partial charge in [-0.25, -0.2) is 0 Å². The maximum atomic E-state index is 12.2. The van der Waals surface area contributed by atoms with Crippen LogP contribution in [0.15, 0.2) is 59.3 Å². The Morgan fingerprint density at radius 1 is 0.964 bits per heavy atom. The summed E-state index contributed by atoms with van der Waals surface area (Å²) in [5.74, 6) is -0.0323. The van der Waals surface area contributed by atoms with E-state index in [1.807, 2.05) is 24.3 Å². The van der Waals surface area contributed by atoms with Crippen LogP contribution in [0.1, 0.15) is 58.8 Å². The van der Waals surface area contributed by atoms with Gasteiger partial charge in [0, 0.05) is 18.5 Å². The molecule has 0 aromatic heterocycles. The van der Waals surface area contributed by atoms with Crippen molar-refractivity contribution in [3.8, 4) is 0 Å². The van der Waals surface area contributed by atoms with Crippen molar-refractivity contribution in [1.29, 1.82) is 0 Å². The van der Waals surface area contributed by atoms with Crippen molar-refractivity contribution in [2.75, 3.05) is 11.1 Å². The van der Waals surface area contributed by atoms with Crippen LogP contribution in [0.2, 0.25) is 0 Å². The fraction of sp³-hybridized carbons (Fsp3) is 0.391. The number of unbranched alkanes of at least 4 members (excludes halogenated alkanes) is 2. The first-order valence-electron chi connectivity index (χ1n) is 9.94. The van der Waals surface area contributed by atoms with E-state index in [9.17, 15) is 9.59 Å². The highest BCUT2D eigenvalue weighted by atomic mass is 16.2. The van der Waals surface area contributed by atoms with E-state index in [1.54, 1.807) is 12.1 Å². The Hall–Kier alpha value is -2.82. The van der Waals surface area contributed by atoms with Crippen molar-refractivity contribution in [3.63, 3.8) is 0 Å². The molecule has 5 nitrogen and oxygen atoms in total. The minimum Gasteiger partial charge on any atom is -0.397 e. The number of nitrogens with two attached hydrogens (primary N) is 1. The zero-order valence-corrected chi connectivity index (χ0v) is 16.9. The number of amides is 2. The van der Waals surface area contributed by atoms with Crippen molar-refractivity contribution >= 4 is 23.2 Å². The molecule has 1 aromatic carbocycles. The molecule has 0 atom stereocenters. The number of nitrogen functional groups attached to an aromatic ring is 1. The minimum absolute atomic E-state index is 0.0187. The lowest BCUT2D eigenvalue weighted by atomic mass is 10.0. The van der Waals surface area contributed by atoms with E-state index >= 15 is 0 Å². The van der Waals surface area contributed by atoms with Crippen molar-refractivity contribution in [2.24, 2.45) is 0 Å². The molecule has 28 heavy (non-hydrogen) atoms. The first-order valence-corrected chi connectivity index (χ1v) is 9.94. The van der Waals surface area contributed by atoms with Gasteiger partial charge in [-0.05, 0) is 63.8 Å². The van der Waals surface area contributed by atoms with E-state index in [1.165, 1.54) is 11.1 Å². The van der Waals surface area contributed by atoms with Crippen LogP contribution in [0.5, 0.6) is 0 Å². The summed E-state index contributed by atoms with van der Waals surface area (Å²) >= 11 is 0. The monoisotopic (exact) mass is 381 g/mol. The number of benzene rings is 1. The molecule has 4 N–H and O–H groups in total. The molecule has 0 aliphatic heterocycles. The molecule has 0 unspecified atom stereocenters. The highest BCUT2D eigenvalue weighted by molar-refractivity contribution is 5.93. The maximum absolute atomic E-state index is 12.2. The van der Waals surface area contributed by atoms with Crippen molar-refractivity contribution in [2.45, 2.75) is 58.8 Å². The number of allylic oxidation sites excluding steroid dienone is 5. The van der Waals surface area contributed by atoms with Crippen LogP contribution < -0.4 is 16.4 Å². The van der Waals surface area contributed by atoms with Crippen LogP contribution in [0, 0.1) is 0 Å². The van der Waals surface area contributed by atoms with Crippen LogP contribution in [-0.2, 0) is 9.59 Å². The lowest BCUT2D eigenvalue weighted by Crippen LogP contribution is -2.22. The van der Waals surface area contributed by atoms with Gasteiger partial charge in [-0.1, -0.05) is 35.8 Å². The molecule has 0 bridgehead atoms. The summed E-state index contributed by atoms with van der Waals surface area (Å²) in [6.45, 7) is 4.14.